The molecule has 29 heavy (non-hydrogen) atoms. The predicted octanol–water partition coefficient (Wildman–Crippen LogP) is 3.99. The highest BCUT2D eigenvalue weighted by atomic mass is 16.5. The van der Waals surface area contributed by atoms with Gasteiger partial charge in [0.25, 0.3) is 11.8 Å². The first-order chi connectivity index (χ1) is 14.1. The molecule has 2 aromatic carbocycles. The summed E-state index contributed by atoms with van der Waals surface area (Å²) in [4.78, 5) is 29.3. The van der Waals surface area contributed by atoms with Crippen LogP contribution in [0.1, 0.15) is 27.8 Å². The van der Waals surface area contributed by atoms with Crippen LogP contribution in [0.5, 0.6) is 11.5 Å². The van der Waals surface area contributed by atoms with Gasteiger partial charge in [-0.05, 0) is 43.3 Å². The number of aromatic nitrogens is 1. The van der Waals surface area contributed by atoms with E-state index >= 15 is 0 Å². The Morgan fingerprint density at radius 2 is 1.52 bits per heavy atom. The summed E-state index contributed by atoms with van der Waals surface area (Å²) in [7, 11) is 1.52. The van der Waals surface area contributed by atoms with E-state index in [4.69, 9.17) is 9.47 Å². The summed E-state index contributed by atoms with van der Waals surface area (Å²) in [6.45, 7) is 2.35. The van der Waals surface area contributed by atoms with Crippen LogP contribution in [0.25, 0.3) is 0 Å². The summed E-state index contributed by atoms with van der Waals surface area (Å²) >= 11 is 0. The zero-order valence-electron chi connectivity index (χ0n) is 16.1. The van der Waals surface area contributed by atoms with E-state index < -0.39 is 5.91 Å². The highest BCUT2D eigenvalue weighted by Gasteiger charge is 2.15. The van der Waals surface area contributed by atoms with E-state index in [-0.39, 0.29) is 11.6 Å². The third-order valence-corrected chi connectivity index (χ3v) is 4.05. The number of hydrogen-bond donors (Lipinski definition) is 2. The molecular weight excluding hydrogens is 370 g/mol. The van der Waals surface area contributed by atoms with Crippen molar-refractivity contribution in [3.63, 3.8) is 0 Å². The average Bonchev–Trinajstić information content (AvgIpc) is 2.75. The molecular formula is C22H21N3O4. The van der Waals surface area contributed by atoms with Gasteiger partial charge in [0.2, 0.25) is 0 Å². The van der Waals surface area contributed by atoms with Crippen LogP contribution in [0, 0.1) is 0 Å². The number of benzene rings is 2. The minimum atomic E-state index is -0.445. The van der Waals surface area contributed by atoms with E-state index in [1.165, 1.54) is 19.4 Å². The Labute approximate surface area is 168 Å². The first-order valence-electron chi connectivity index (χ1n) is 9.06. The molecule has 0 aliphatic heterocycles. The number of hydrogen-bond acceptors (Lipinski definition) is 5. The number of para-hydroxylation sites is 4. The van der Waals surface area contributed by atoms with E-state index in [9.17, 15) is 9.59 Å². The number of pyridine rings is 1. The van der Waals surface area contributed by atoms with Crippen LogP contribution in [0.3, 0.4) is 0 Å². The average molecular weight is 391 g/mol. The molecule has 0 spiro atoms. The van der Waals surface area contributed by atoms with E-state index in [1.807, 2.05) is 13.0 Å². The Bertz CT molecular complexity index is 1020. The predicted molar refractivity (Wildman–Crippen MR) is 111 cm³/mol. The van der Waals surface area contributed by atoms with E-state index in [0.29, 0.717) is 35.0 Å². The normalized spacial score (nSPS) is 10.1. The van der Waals surface area contributed by atoms with Crippen LogP contribution in [-0.2, 0) is 0 Å². The third kappa shape index (κ3) is 4.90. The van der Waals surface area contributed by atoms with Crippen LogP contribution in [0.2, 0.25) is 0 Å². The number of carbonyl (C=O) groups excluding carboxylic acids is 2. The van der Waals surface area contributed by atoms with Gasteiger partial charge in [0.1, 0.15) is 17.2 Å². The van der Waals surface area contributed by atoms with Gasteiger partial charge < -0.3 is 20.1 Å². The highest BCUT2D eigenvalue weighted by molar-refractivity contribution is 6.08. The minimum absolute atomic E-state index is 0.113. The molecule has 1 aromatic heterocycles. The Balaban J connectivity index is 1.77. The van der Waals surface area contributed by atoms with Crippen molar-refractivity contribution in [2.75, 3.05) is 24.4 Å². The second kappa shape index (κ2) is 9.36. The molecule has 0 unspecified atom stereocenters. The minimum Gasteiger partial charge on any atom is -0.495 e. The van der Waals surface area contributed by atoms with Gasteiger partial charge in [-0.3, -0.25) is 14.6 Å². The molecule has 3 aromatic rings. The topological polar surface area (TPSA) is 89.5 Å². The van der Waals surface area contributed by atoms with Crippen molar-refractivity contribution in [1.29, 1.82) is 0 Å². The highest BCUT2D eigenvalue weighted by Crippen LogP contribution is 2.25. The van der Waals surface area contributed by atoms with Gasteiger partial charge in [0.05, 0.1) is 25.1 Å². The van der Waals surface area contributed by atoms with Gasteiger partial charge in [-0.15, -0.1) is 0 Å². The first-order valence-corrected chi connectivity index (χ1v) is 9.06. The molecule has 0 atom stereocenters. The van der Waals surface area contributed by atoms with Crippen molar-refractivity contribution < 1.29 is 19.1 Å². The Hall–Kier alpha value is -3.87. The molecule has 0 saturated carbocycles. The van der Waals surface area contributed by atoms with Crippen molar-refractivity contribution in [2.45, 2.75) is 6.92 Å². The van der Waals surface area contributed by atoms with Gasteiger partial charge in [0.15, 0.2) is 0 Å². The molecule has 7 heteroatoms. The summed E-state index contributed by atoms with van der Waals surface area (Å²) in [5.74, 6) is 0.290. The molecule has 0 bridgehead atoms. The number of amides is 2. The molecule has 3 rings (SSSR count). The Morgan fingerprint density at radius 1 is 0.897 bits per heavy atom. The maximum atomic E-state index is 12.7. The third-order valence-electron chi connectivity index (χ3n) is 4.05. The molecule has 148 valence electrons. The van der Waals surface area contributed by atoms with Crippen LogP contribution in [-0.4, -0.2) is 30.5 Å². The van der Waals surface area contributed by atoms with Crippen molar-refractivity contribution >= 4 is 23.2 Å². The van der Waals surface area contributed by atoms with Gasteiger partial charge in [0, 0.05) is 11.8 Å². The van der Waals surface area contributed by atoms with E-state index in [0.717, 1.165) is 0 Å². The molecule has 0 aliphatic rings. The van der Waals surface area contributed by atoms with Gasteiger partial charge in [-0.25, -0.2) is 0 Å². The number of methoxy groups -OCH3 is 1. The second-order valence-corrected chi connectivity index (χ2v) is 5.97. The maximum Gasteiger partial charge on any atom is 0.274 e. The van der Waals surface area contributed by atoms with E-state index in [2.05, 4.69) is 15.6 Å². The van der Waals surface area contributed by atoms with Gasteiger partial charge in [-0.2, -0.15) is 0 Å². The summed E-state index contributed by atoms with van der Waals surface area (Å²) in [6, 6.07) is 17.2. The van der Waals surface area contributed by atoms with Crippen molar-refractivity contribution in [3.8, 4) is 11.5 Å². The van der Waals surface area contributed by atoms with E-state index in [1.54, 1.807) is 48.5 Å². The Kier molecular flexibility index (Phi) is 6.42. The number of nitrogens with one attached hydrogen (secondary N) is 2. The lowest BCUT2D eigenvalue weighted by Gasteiger charge is -2.12. The van der Waals surface area contributed by atoms with Crippen LogP contribution < -0.4 is 20.1 Å². The molecule has 2 amide bonds. The first kappa shape index (κ1) is 19.9. The SMILES string of the molecule is CCOc1ccccc1NC(=O)c1ccnc(C(=O)Nc2ccccc2OC)c1. The van der Waals surface area contributed by atoms with Crippen LogP contribution >= 0.6 is 0 Å². The molecule has 7 nitrogen and oxygen atoms in total. The van der Waals surface area contributed by atoms with Crippen molar-refractivity contribution in [1.82, 2.24) is 4.98 Å². The van der Waals surface area contributed by atoms with Crippen molar-refractivity contribution in [3.05, 3.63) is 78.1 Å². The lowest BCUT2D eigenvalue weighted by atomic mass is 10.2. The molecule has 0 aliphatic carbocycles. The zero-order valence-corrected chi connectivity index (χ0v) is 16.1. The van der Waals surface area contributed by atoms with Gasteiger partial charge >= 0.3 is 0 Å². The monoisotopic (exact) mass is 391 g/mol. The number of carbonyl (C=O) groups is 2. The number of nitrogens with zero attached hydrogens (tertiary/aromatic N) is 1. The quantitative estimate of drug-likeness (QED) is 0.636. The molecule has 0 fully saturated rings. The molecule has 2 N–H and O–H groups in total. The summed E-state index contributed by atoms with van der Waals surface area (Å²) < 4.78 is 10.8. The summed E-state index contributed by atoms with van der Waals surface area (Å²) in [5, 5.41) is 5.54. The maximum absolute atomic E-state index is 12.7. The molecule has 1 heterocycles. The Morgan fingerprint density at radius 3 is 2.21 bits per heavy atom. The fourth-order valence-electron chi connectivity index (χ4n) is 2.68. The fourth-order valence-corrected chi connectivity index (χ4v) is 2.68. The van der Waals surface area contributed by atoms with Crippen LogP contribution in [0.4, 0.5) is 11.4 Å². The fraction of sp³-hybridized carbons (Fsp3) is 0.136. The number of ether oxygens (including phenoxy) is 2. The number of anilines is 2. The lowest BCUT2D eigenvalue weighted by molar-refractivity contribution is 0.102. The summed E-state index contributed by atoms with van der Waals surface area (Å²) in [6.07, 6.45) is 1.42. The molecule has 0 saturated heterocycles. The second-order valence-electron chi connectivity index (χ2n) is 5.97. The van der Waals surface area contributed by atoms with Crippen molar-refractivity contribution in [2.24, 2.45) is 0 Å². The lowest BCUT2D eigenvalue weighted by Crippen LogP contribution is -2.17. The van der Waals surface area contributed by atoms with Gasteiger partial charge in [-0.1, -0.05) is 24.3 Å². The van der Waals surface area contributed by atoms with Crippen LogP contribution in [0.15, 0.2) is 66.9 Å². The summed E-state index contributed by atoms with van der Waals surface area (Å²) in [5.41, 5.74) is 1.48. The largest absolute Gasteiger partial charge is 0.495 e. The smallest absolute Gasteiger partial charge is 0.274 e. The molecule has 0 radical (unpaired) electrons. The number of rotatable bonds is 7. The zero-order chi connectivity index (χ0) is 20.6. The standard InChI is InChI=1S/C22H21N3O4/c1-3-29-20-11-7-5-9-17(20)24-21(26)15-12-13-23-18(14-15)22(27)25-16-8-4-6-10-19(16)28-2/h4-14H,3H2,1-2H3,(H,24,26)(H,25,27).